The molecule has 1 saturated carbocycles. The Balaban J connectivity index is 2.07. The number of rotatable bonds is 5. The number of hydrogen-bond donors (Lipinski definition) is 2. The van der Waals surface area contributed by atoms with E-state index in [1.807, 2.05) is 25.1 Å². The summed E-state index contributed by atoms with van der Waals surface area (Å²) in [6.45, 7) is 3.55. The zero-order chi connectivity index (χ0) is 15.6. The molecule has 112 valence electrons. The van der Waals surface area contributed by atoms with Crippen molar-refractivity contribution in [3.05, 3.63) is 39.9 Å². The third kappa shape index (κ3) is 3.73. The normalized spacial score (nSPS) is 17.5. The summed E-state index contributed by atoms with van der Waals surface area (Å²) in [5.74, 6) is -1.35. The van der Waals surface area contributed by atoms with Gasteiger partial charge in [0.25, 0.3) is 0 Å². The summed E-state index contributed by atoms with van der Waals surface area (Å²) in [7, 11) is 0. The van der Waals surface area contributed by atoms with Crippen LogP contribution >= 0.6 is 15.9 Å². The second-order valence-corrected chi connectivity index (χ2v) is 6.48. The topological polar surface area (TPSA) is 66.4 Å². The molecule has 1 aromatic rings. The minimum absolute atomic E-state index is 0.0264. The van der Waals surface area contributed by atoms with Crippen LogP contribution in [0.4, 0.5) is 0 Å². The summed E-state index contributed by atoms with van der Waals surface area (Å²) < 4.78 is 0.898. The van der Waals surface area contributed by atoms with E-state index in [9.17, 15) is 14.7 Å². The molecule has 1 unspecified atom stereocenters. The van der Waals surface area contributed by atoms with Crippen LogP contribution in [0.1, 0.15) is 30.9 Å². The van der Waals surface area contributed by atoms with Gasteiger partial charge in [-0.15, -0.1) is 0 Å². The Kier molecular flexibility index (Phi) is 4.52. The van der Waals surface area contributed by atoms with Gasteiger partial charge in [0.15, 0.2) is 0 Å². The Labute approximate surface area is 132 Å². The lowest BCUT2D eigenvalue weighted by atomic mass is 9.96. The van der Waals surface area contributed by atoms with Crippen LogP contribution in [-0.2, 0) is 9.59 Å². The molecule has 0 bridgehead atoms. The summed E-state index contributed by atoms with van der Waals surface area (Å²) in [6, 6.07) is 5.82. The van der Waals surface area contributed by atoms with E-state index in [2.05, 4.69) is 21.2 Å². The van der Waals surface area contributed by atoms with Gasteiger partial charge in [0.05, 0.1) is 0 Å². The lowest BCUT2D eigenvalue weighted by Crippen LogP contribution is -2.53. The fourth-order valence-electron chi connectivity index (χ4n) is 2.22. The van der Waals surface area contributed by atoms with Crippen LogP contribution in [0.25, 0.3) is 6.08 Å². The molecular formula is C16H18BrNO3. The highest BCUT2D eigenvalue weighted by molar-refractivity contribution is 9.10. The van der Waals surface area contributed by atoms with Crippen molar-refractivity contribution in [3.63, 3.8) is 0 Å². The largest absolute Gasteiger partial charge is 0.480 e. The van der Waals surface area contributed by atoms with Gasteiger partial charge in [0, 0.05) is 10.5 Å². The first-order chi connectivity index (χ1) is 9.83. The molecule has 2 rings (SSSR count). The van der Waals surface area contributed by atoms with Gasteiger partial charge in [-0.25, -0.2) is 4.79 Å². The quantitative estimate of drug-likeness (QED) is 0.800. The highest BCUT2D eigenvalue weighted by Gasteiger charge is 2.48. The average molecular weight is 352 g/mol. The number of aryl methyl sites for hydroxylation is 1. The van der Waals surface area contributed by atoms with Gasteiger partial charge >= 0.3 is 5.97 Å². The maximum atomic E-state index is 12.0. The van der Waals surface area contributed by atoms with Gasteiger partial charge < -0.3 is 10.4 Å². The number of benzene rings is 1. The van der Waals surface area contributed by atoms with E-state index < -0.39 is 11.5 Å². The summed E-state index contributed by atoms with van der Waals surface area (Å²) in [5.41, 5.74) is 0.821. The van der Waals surface area contributed by atoms with Gasteiger partial charge in [0.1, 0.15) is 5.54 Å². The molecule has 1 atom stereocenters. The van der Waals surface area contributed by atoms with Crippen LogP contribution in [0.15, 0.2) is 28.7 Å². The molecule has 0 saturated heterocycles. The summed E-state index contributed by atoms with van der Waals surface area (Å²) in [4.78, 5) is 23.3. The van der Waals surface area contributed by atoms with Crippen molar-refractivity contribution < 1.29 is 14.7 Å². The molecule has 1 amide bonds. The van der Waals surface area contributed by atoms with Gasteiger partial charge in [-0.1, -0.05) is 28.1 Å². The second kappa shape index (κ2) is 6.02. The predicted octanol–water partition coefficient (Wildman–Crippen LogP) is 3.14. The molecule has 0 aliphatic heterocycles. The highest BCUT2D eigenvalue weighted by atomic mass is 79.9. The van der Waals surface area contributed by atoms with Crippen molar-refractivity contribution in [1.82, 2.24) is 5.32 Å². The van der Waals surface area contributed by atoms with Crippen LogP contribution in [0.5, 0.6) is 0 Å². The van der Waals surface area contributed by atoms with E-state index in [0.29, 0.717) is 0 Å². The fourth-order valence-corrected chi connectivity index (χ4v) is 2.85. The first kappa shape index (κ1) is 15.8. The maximum Gasteiger partial charge on any atom is 0.329 e. The van der Waals surface area contributed by atoms with Crippen LogP contribution in [-0.4, -0.2) is 22.5 Å². The number of aliphatic carboxylic acids is 1. The average Bonchev–Trinajstić information content (AvgIpc) is 3.21. The molecule has 1 aromatic carbocycles. The summed E-state index contributed by atoms with van der Waals surface area (Å²) in [6.07, 6.45) is 4.74. The number of carbonyl (C=O) groups excluding carboxylic acids is 1. The Bertz CT molecular complexity index is 608. The monoisotopic (exact) mass is 351 g/mol. The maximum absolute atomic E-state index is 12.0. The SMILES string of the molecule is Cc1ccc(/C=C/C(=O)NC(C)(C(=O)O)C2CC2)c(Br)c1. The van der Waals surface area contributed by atoms with Gasteiger partial charge in [-0.2, -0.15) is 0 Å². The number of carboxylic acid groups (broad SMARTS) is 1. The van der Waals surface area contributed by atoms with E-state index in [-0.39, 0.29) is 11.8 Å². The molecule has 0 aromatic heterocycles. The molecule has 21 heavy (non-hydrogen) atoms. The van der Waals surface area contributed by atoms with Crippen molar-refractivity contribution in [3.8, 4) is 0 Å². The zero-order valence-electron chi connectivity index (χ0n) is 12.0. The van der Waals surface area contributed by atoms with Crippen molar-refractivity contribution >= 4 is 33.9 Å². The van der Waals surface area contributed by atoms with Gasteiger partial charge in [-0.05, 0) is 55.9 Å². The van der Waals surface area contributed by atoms with Crippen molar-refractivity contribution in [1.29, 1.82) is 0 Å². The molecule has 0 spiro atoms. The molecule has 1 aliphatic rings. The summed E-state index contributed by atoms with van der Waals surface area (Å²) >= 11 is 3.44. The number of amides is 1. The number of carboxylic acids is 1. The molecule has 4 nitrogen and oxygen atoms in total. The molecule has 1 aliphatic carbocycles. The second-order valence-electron chi connectivity index (χ2n) is 5.63. The molecule has 2 N–H and O–H groups in total. The van der Waals surface area contributed by atoms with E-state index in [1.54, 1.807) is 13.0 Å². The van der Waals surface area contributed by atoms with Crippen molar-refractivity contribution in [2.24, 2.45) is 5.92 Å². The number of halogens is 1. The smallest absolute Gasteiger partial charge is 0.329 e. The molecule has 0 radical (unpaired) electrons. The first-order valence-electron chi connectivity index (χ1n) is 6.82. The third-order valence-corrected chi connectivity index (χ3v) is 4.48. The lowest BCUT2D eigenvalue weighted by Gasteiger charge is -2.25. The van der Waals surface area contributed by atoms with Crippen LogP contribution < -0.4 is 5.32 Å². The third-order valence-electron chi connectivity index (χ3n) is 3.79. The molecule has 5 heteroatoms. The van der Waals surface area contributed by atoms with E-state index in [1.165, 1.54) is 6.08 Å². The number of carbonyl (C=O) groups is 2. The molecule has 0 heterocycles. The first-order valence-corrected chi connectivity index (χ1v) is 7.62. The van der Waals surface area contributed by atoms with E-state index in [0.717, 1.165) is 28.4 Å². The predicted molar refractivity (Wildman–Crippen MR) is 84.8 cm³/mol. The van der Waals surface area contributed by atoms with Crippen molar-refractivity contribution in [2.75, 3.05) is 0 Å². The van der Waals surface area contributed by atoms with E-state index >= 15 is 0 Å². The molecule has 1 fully saturated rings. The van der Waals surface area contributed by atoms with Crippen LogP contribution in [0, 0.1) is 12.8 Å². The minimum Gasteiger partial charge on any atom is -0.480 e. The van der Waals surface area contributed by atoms with E-state index in [4.69, 9.17) is 0 Å². The number of hydrogen-bond acceptors (Lipinski definition) is 2. The lowest BCUT2D eigenvalue weighted by molar-refractivity contribution is -0.147. The standard InChI is InChI=1S/C16H18BrNO3/c1-10-3-4-11(13(17)9-10)5-8-14(19)18-16(2,15(20)21)12-6-7-12/h3-5,8-9,12H,6-7H2,1-2H3,(H,18,19)(H,20,21)/b8-5+. The van der Waals surface area contributed by atoms with Crippen LogP contribution in [0.3, 0.4) is 0 Å². The molecular weight excluding hydrogens is 334 g/mol. The Hall–Kier alpha value is -1.62. The van der Waals surface area contributed by atoms with Gasteiger partial charge in [0.2, 0.25) is 5.91 Å². The summed E-state index contributed by atoms with van der Waals surface area (Å²) in [5, 5.41) is 11.9. The zero-order valence-corrected chi connectivity index (χ0v) is 13.6. The Morgan fingerprint density at radius 1 is 1.43 bits per heavy atom. The van der Waals surface area contributed by atoms with Gasteiger partial charge in [-0.3, -0.25) is 4.79 Å². The Morgan fingerprint density at radius 3 is 2.62 bits per heavy atom. The Morgan fingerprint density at radius 2 is 2.10 bits per heavy atom. The fraction of sp³-hybridized carbons (Fsp3) is 0.375. The van der Waals surface area contributed by atoms with Crippen LogP contribution in [0.2, 0.25) is 0 Å². The minimum atomic E-state index is -1.17. The highest BCUT2D eigenvalue weighted by Crippen LogP contribution is 2.39. The van der Waals surface area contributed by atoms with Crippen molar-refractivity contribution in [2.45, 2.75) is 32.2 Å². The number of nitrogens with one attached hydrogen (secondary N) is 1.